The van der Waals surface area contributed by atoms with Crippen molar-refractivity contribution in [2.24, 2.45) is 7.05 Å². The molecule has 2 aromatic rings. The van der Waals surface area contributed by atoms with E-state index in [9.17, 15) is 14.0 Å². The molecular formula is C22H28FN5O2. The van der Waals surface area contributed by atoms with Crippen LogP contribution in [0.3, 0.4) is 0 Å². The lowest BCUT2D eigenvalue weighted by atomic mass is 9.90. The molecule has 2 amide bonds. The Morgan fingerprint density at radius 3 is 2.80 bits per heavy atom. The van der Waals surface area contributed by atoms with Gasteiger partial charge in [0.05, 0.1) is 0 Å². The molecule has 1 saturated heterocycles. The van der Waals surface area contributed by atoms with Crippen LogP contribution in [0.5, 0.6) is 0 Å². The Bertz CT molecular complexity index is 911. The van der Waals surface area contributed by atoms with Gasteiger partial charge in [-0.3, -0.25) is 19.2 Å². The van der Waals surface area contributed by atoms with Crippen LogP contribution < -0.4 is 5.32 Å². The number of nitrogens with one attached hydrogen (secondary N) is 1. The number of aryl methyl sites for hydroxylation is 1. The fourth-order valence-electron chi connectivity index (χ4n) is 4.56. The topological polar surface area (TPSA) is 70.5 Å². The van der Waals surface area contributed by atoms with Crippen molar-refractivity contribution in [3.8, 4) is 0 Å². The highest BCUT2D eigenvalue weighted by Gasteiger charge is 2.31. The molecular weight excluding hydrogens is 385 g/mol. The van der Waals surface area contributed by atoms with Crippen molar-refractivity contribution in [1.29, 1.82) is 0 Å². The summed E-state index contributed by atoms with van der Waals surface area (Å²) < 4.78 is 14.9. The van der Waals surface area contributed by atoms with Crippen LogP contribution in [0, 0.1) is 5.82 Å². The molecule has 1 aliphatic heterocycles. The summed E-state index contributed by atoms with van der Waals surface area (Å²) in [5, 5.41) is 7.43. The summed E-state index contributed by atoms with van der Waals surface area (Å²) in [5.41, 5.74) is 3.49. The average molecular weight is 413 g/mol. The molecule has 1 fully saturated rings. The molecule has 0 saturated carbocycles. The van der Waals surface area contributed by atoms with E-state index >= 15 is 0 Å². The number of nitrogens with zero attached hydrogens (tertiary/aromatic N) is 4. The predicted molar refractivity (Wildman–Crippen MR) is 110 cm³/mol. The number of amides is 2. The molecule has 2 aliphatic rings. The van der Waals surface area contributed by atoms with E-state index in [1.54, 1.807) is 12.1 Å². The number of carbonyl (C=O) groups is 2. The molecule has 1 atom stereocenters. The molecule has 0 spiro atoms. The monoisotopic (exact) mass is 413 g/mol. The Kier molecular flexibility index (Phi) is 6.13. The van der Waals surface area contributed by atoms with Crippen molar-refractivity contribution in [3.05, 3.63) is 52.6 Å². The molecule has 2 heterocycles. The van der Waals surface area contributed by atoms with E-state index in [0.29, 0.717) is 18.3 Å². The minimum atomic E-state index is -0.292. The van der Waals surface area contributed by atoms with Gasteiger partial charge in [-0.25, -0.2) is 4.39 Å². The van der Waals surface area contributed by atoms with Gasteiger partial charge in [0.2, 0.25) is 6.41 Å². The minimum Gasteiger partial charge on any atom is -0.347 e. The summed E-state index contributed by atoms with van der Waals surface area (Å²) in [7, 11) is 1.89. The number of hydrogen-bond donors (Lipinski definition) is 1. The second-order valence-electron chi connectivity index (χ2n) is 8.13. The van der Waals surface area contributed by atoms with Gasteiger partial charge in [0, 0.05) is 57.1 Å². The minimum absolute atomic E-state index is 0.195. The number of fused-ring (bicyclic) bond motifs is 1. The zero-order chi connectivity index (χ0) is 21.1. The van der Waals surface area contributed by atoms with Gasteiger partial charge >= 0.3 is 0 Å². The number of benzene rings is 1. The van der Waals surface area contributed by atoms with E-state index in [2.05, 4.69) is 15.3 Å². The maximum Gasteiger partial charge on any atom is 0.272 e. The van der Waals surface area contributed by atoms with Gasteiger partial charge in [0.25, 0.3) is 5.91 Å². The van der Waals surface area contributed by atoms with Crippen molar-refractivity contribution in [2.75, 3.05) is 26.2 Å². The van der Waals surface area contributed by atoms with Crippen LogP contribution in [0.4, 0.5) is 4.39 Å². The lowest BCUT2D eigenvalue weighted by Crippen LogP contribution is -2.42. The van der Waals surface area contributed by atoms with Gasteiger partial charge in [0.1, 0.15) is 5.82 Å². The highest BCUT2D eigenvalue weighted by atomic mass is 19.1. The zero-order valence-corrected chi connectivity index (χ0v) is 17.3. The quantitative estimate of drug-likeness (QED) is 0.755. The van der Waals surface area contributed by atoms with E-state index in [-0.39, 0.29) is 11.7 Å². The van der Waals surface area contributed by atoms with Crippen LogP contribution in [0.1, 0.15) is 40.2 Å². The third-order valence-electron chi connectivity index (χ3n) is 6.24. The largest absolute Gasteiger partial charge is 0.347 e. The lowest BCUT2D eigenvalue weighted by molar-refractivity contribution is -0.118. The Balaban J connectivity index is 1.45. The summed E-state index contributed by atoms with van der Waals surface area (Å²) in [5.74, 6) is -0.487. The molecule has 7 nitrogen and oxygen atoms in total. The first kappa shape index (κ1) is 20.5. The molecule has 1 aromatic carbocycles. The predicted octanol–water partition coefficient (Wildman–Crippen LogP) is 1.51. The molecule has 0 bridgehead atoms. The maximum absolute atomic E-state index is 13.1. The highest BCUT2D eigenvalue weighted by molar-refractivity contribution is 5.94. The van der Waals surface area contributed by atoms with Gasteiger partial charge < -0.3 is 10.2 Å². The van der Waals surface area contributed by atoms with Gasteiger partial charge in [-0.15, -0.1) is 0 Å². The molecule has 0 radical (unpaired) electrons. The van der Waals surface area contributed by atoms with Gasteiger partial charge in [-0.05, 0) is 43.4 Å². The van der Waals surface area contributed by atoms with Crippen molar-refractivity contribution in [1.82, 2.24) is 24.9 Å². The van der Waals surface area contributed by atoms with Crippen LogP contribution in [-0.2, 0) is 31.2 Å². The number of carbonyl (C=O) groups excluding carboxylic acids is 2. The van der Waals surface area contributed by atoms with Crippen molar-refractivity contribution >= 4 is 12.3 Å². The first-order valence-corrected chi connectivity index (χ1v) is 10.6. The van der Waals surface area contributed by atoms with Gasteiger partial charge in [0.15, 0.2) is 5.69 Å². The molecule has 30 heavy (non-hydrogen) atoms. The van der Waals surface area contributed by atoms with Crippen molar-refractivity contribution in [3.63, 3.8) is 0 Å². The molecule has 1 aliphatic carbocycles. The van der Waals surface area contributed by atoms with E-state index < -0.39 is 0 Å². The first-order valence-electron chi connectivity index (χ1n) is 10.6. The Labute approximate surface area is 175 Å². The number of halogens is 1. The standard InChI is InChI=1S/C22H28FN5O2/c1-26-20-8-7-18(28-10-2-9-27(15-29)11-12-28)13-19(20)21(25-26)22(30)24-14-16-3-5-17(23)6-4-16/h3-6,15,18H,2,7-14H2,1H3,(H,24,30)/t18-/m1/s1. The SMILES string of the molecule is Cn1nc(C(=O)NCc2ccc(F)cc2)c2c1CC[C@@H](N1CCCN(C=O)CC1)C2. The molecule has 160 valence electrons. The summed E-state index contributed by atoms with van der Waals surface area (Å²) >= 11 is 0. The Morgan fingerprint density at radius 1 is 1.23 bits per heavy atom. The molecule has 0 unspecified atom stereocenters. The summed E-state index contributed by atoms with van der Waals surface area (Å²) in [6.07, 6.45) is 4.63. The zero-order valence-electron chi connectivity index (χ0n) is 17.3. The molecule has 8 heteroatoms. The fourth-order valence-corrected chi connectivity index (χ4v) is 4.56. The van der Waals surface area contributed by atoms with Crippen LogP contribution in [0.15, 0.2) is 24.3 Å². The van der Waals surface area contributed by atoms with Crippen LogP contribution in [-0.4, -0.2) is 64.1 Å². The van der Waals surface area contributed by atoms with Gasteiger partial charge in [-0.2, -0.15) is 5.10 Å². The van der Waals surface area contributed by atoms with E-state index in [0.717, 1.165) is 75.1 Å². The Hall–Kier alpha value is -2.74. The Morgan fingerprint density at radius 2 is 2.03 bits per heavy atom. The second kappa shape index (κ2) is 8.95. The normalized spacial score (nSPS) is 19.8. The van der Waals surface area contributed by atoms with Crippen LogP contribution >= 0.6 is 0 Å². The summed E-state index contributed by atoms with van der Waals surface area (Å²) in [6, 6.07) is 6.48. The third kappa shape index (κ3) is 4.38. The first-order chi connectivity index (χ1) is 14.5. The van der Waals surface area contributed by atoms with E-state index in [1.807, 2.05) is 16.6 Å². The van der Waals surface area contributed by atoms with Crippen molar-refractivity contribution in [2.45, 2.75) is 38.3 Å². The smallest absolute Gasteiger partial charge is 0.272 e. The summed E-state index contributed by atoms with van der Waals surface area (Å²) in [6.45, 7) is 3.73. The molecule has 1 aromatic heterocycles. The van der Waals surface area contributed by atoms with Crippen LogP contribution in [0.25, 0.3) is 0 Å². The lowest BCUT2D eigenvalue weighted by Gasteiger charge is -2.33. The number of hydrogen-bond acceptors (Lipinski definition) is 4. The molecule has 1 N–H and O–H groups in total. The third-order valence-corrected chi connectivity index (χ3v) is 6.24. The van der Waals surface area contributed by atoms with E-state index in [4.69, 9.17) is 0 Å². The summed E-state index contributed by atoms with van der Waals surface area (Å²) in [4.78, 5) is 28.3. The van der Waals surface area contributed by atoms with Crippen LogP contribution in [0.2, 0.25) is 0 Å². The number of aromatic nitrogens is 2. The van der Waals surface area contributed by atoms with Gasteiger partial charge in [-0.1, -0.05) is 12.1 Å². The second-order valence-corrected chi connectivity index (χ2v) is 8.13. The maximum atomic E-state index is 13.1. The number of rotatable bonds is 5. The van der Waals surface area contributed by atoms with Crippen molar-refractivity contribution < 1.29 is 14.0 Å². The highest BCUT2D eigenvalue weighted by Crippen LogP contribution is 2.27. The molecule has 4 rings (SSSR count). The van der Waals surface area contributed by atoms with E-state index in [1.165, 1.54) is 12.1 Å². The average Bonchev–Trinajstić information content (AvgIpc) is 2.93. The fraction of sp³-hybridized carbons (Fsp3) is 0.500.